The van der Waals surface area contributed by atoms with Crippen molar-refractivity contribution < 1.29 is 19.1 Å². The standard InChI is InChI=1S/C36H30N2O4/c1-2-21-42-26-15-10-14-25(22-26)32(39)30-31(33(40)24-12-4-3-5-13-24)38-20-19-23-11-6-7-16-27(23)34(38)36(30)28-17-8-9-18-29(28)37-35(36)41/h3-20,22,30-31,34H,2,21H2,1H3,(H,37,41)/t30-,31+,34-,36-/m1/s1. The second-order valence-electron chi connectivity index (χ2n) is 11.1. The molecule has 0 aliphatic carbocycles. The number of hydrogen-bond acceptors (Lipinski definition) is 5. The van der Waals surface area contributed by atoms with Crippen molar-refractivity contribution in [2.45, 2.75) is 30.8 Å². The fourth-order valence-electron chi connectivity index (χ4n) is 7.08. The molecule has 4 atom stereocenters. The van der Waals surface area contributed by atoms with E-state index in [-0.39, 0.29) is 17.5 Å². The van der Waals surface area contributed by atoms with Crippen molar-refractivity contribution in [3.8, 4) is 5.75 Å². The van der Waals surface area contributed by atoms with E-state index in [0.717, 1.165) is 23.1 Å². The molecule has 3 aliphatic heterocycles. The Morgan fingerprint density at radius 2 is 1.60 bits per heavy atom. The van der Waals surface area contributed by atoms with Crippen molar-refractivity contribution >= 4 is 29.2 Å². The molecule has 6 heteroatoms. The predicted molar refractivity (Wildman–Crippen MR) is 161 cm³/mol. The first-order valence-electron chi connectivity index (χ1n) is 14.4. The molecule has 6 nitrogen and oxygen atoms in total. The van der Waals surface area contributed by atoms with Gasteiger partial charge in [-0.05, 0) is 47.4 Å². The molecule has 0 radical (unpaired) electrons. The Bertz CT molecular complexity index is 1750. The Kier molecular flexibility index (Phi) is 6.27. The molecule has 1 N–H and O–H groups in total. The second kappa shape index (κ2) is 10.1. The van der Waals surface area contributed by atoms with Gasteiger partial charge in [0.1, 0.15) is 17.2 Å². The summed E-state index contributed by atoms with van der Waals surface area (Å²) in [4.78, 5) is 46.0. The lowest BCUT2D eigenvalue weighted by Gasteiger charge is -2.38. The number of anilines is 1. The highest BCUT2D eigenvalue weighted by atomic mass is 16.5. The van der Waals surface area contributed by atoms with Gasteiger partial charge in [-0.1, -0.05) is 91.9 Å². The Balaban J connectivity index is 1.50. The zero-order valence-electron chi connectivity index (χ0n) is 23.2. The summed E-state index contributed by atoms with van der Waals surface area (Å²) in [6.45, 7) is 2.54. The monoisotopic (exact) mass is 554 g/mol. The van der Waals surface area contributed by atoms with E-state index < -0.39 is 23.4 Å². The topological polar surface area (TPSA) is 75.7 Å². The van der Waals surface area contributed by atoms with Crippen LogP contribution in [0, 0.1) is 5.92 Å². The molecule has 1 saturated heterocycles. The zero-order chi connectivity index (χ0) is 28.8. The van der Waals surface area contributed by atoms with Crippen LogP contribution in [0.4, 0.5) is 5.69 Å². The Hall–Kier alpha value is -4.97. The van der Waals surface area contributed by atoms with E-state index in [1.807, 2.05) is 96.9 Å². The molecular formula is C36H30N2O4. The third kappa shape index (κ3) is 3.75. The fraction of sp³-hybridized carbons (Fsp3) is 0.194. The number of rotatable bonds is 7. The molecular weight excluding hydrogens is 524 g/mol. The SMILES string of the molecule is CCCOc1cccc(C(=O)[C@H]2[C@@H](C(=O)c3ccccc3)N3C=Cc4ccccc4[C@@H]3[C@]23C(=O)Nc2ccccc23)c1. The number of benzene rings is 4. The molecule has 1 amide bonds. The van der Waals surface area contributed by atoms with Crippen LogP contribution in [0.2, 0.25) is 0 Å². The van der Waals surface area contributed by atoms with Crippen LogP contribution in [0.1, 0.15) is 56.8 Å². The summed E-state index contributed by atoms with van der Waals surface area (Å²) in [5.41, 5.74) is 2.82. The van der Waals surface area contributed by atoms with E-state index in [1.165, 1.54) is 0 Å². The molecule has 3 heterocycles. The number of Topliss-reactive ketones (excluding diaryl/α,β-unsaturated/α-hetero) is 2. The number of hydrogen-bond donors (Lipinski definition) is 1. The third-order valence-corrected chi connectivity index (χ3v) is 8.77. The van der Waals surface area contributed by atoms with E-state index in [2.05, 4.69) is 5.32 Å². The lowest BCUT2D eigenvalue weighted by atomic mass is 9.62. The largest absolute Gasteiger partial charge is 0.494 e. The lowest BCUT2D eigenvalue weighted by molar-refractivity contribution is -0.122. The smallest absolute Gasteiger partial charge is 0.238 e. The zero-order valence-corrected chi connectivity index (χ0v) is 23.2. The van der Waals surface area contributed by atoms with Crippen molar-refractivity contribution in [1.82, 2.24) is 4.90 Å². The van der Waals surface area contributed by atoms with Gasteiger partial charge in [-0.25, -0.2) is 0 Å². The van der Waals surface area contributed by atoms with Crippen molar-refractivity contribution in [3.05, 3.63) is 137 Å². The maximum absolute atomic E-state index is 15.0. The van der Waals surface area contributed by atoms with Gasteiger partial charge in [0.25, 0.3) is 0 Å². The van der Waals surface area contributed by atoms with E-state index in [0.29, 0.717) is 29.2 Å². The molecule has 0 aromatic heterocycles. The first-order valence-corrected chi connectivity index (χ1v) is 14.4. The van der Waals surface area contributed by atoms with Gasteiger partial charge >= 0.3 is 0 Å². The summed E-state index contributed by atoms with van der Waals surface area (Å²) >= 11 is 0. The molecule has 7 rings (SSSR count). The average Bonchev–Trinajstić information content (AvgIpc) is 3.52. The van der Waals surface area contributed by atoms with Crippen molar-refractivity contribution in [2.24, 2.45) is 5.92 Å². The van der Waals surface area contributed by atoms with Crippen LogP contribution < -0.4 is 10.1 Å². The molecule has 4 aromatic carbocycles. The van der Waals surface area contributed by atoms with Gasteiger partial charge in [0, 0.05) is 23.0 Å². The van der Waals surface area contributed by atoms with E-state index in [4.69, 9.17) is 4.74 Å². The fourth-order valence-corrected chi connectivity index (χ4v) is 7.08. The van der Waals surface area contributed by atoms with E-state index in [9.17, 15) is 14.4 Å². The maximum Gasteiger partial charge on any atom is 0.238 e. The normalized spacial score (nSPS) is 23.2. The number of ketones is 2. The highest BCUT2D eigenvalue weighted by Crippen LogP contribution is 2.62. The van der Waals surface area contributed by atoms with Gasteiger partial charge in [-0.3, -0.25) is 14.4 Å². The quantitative estimate of drug-likeness (QED) is 0.266. The first-order chi connectivity index (χ1) is 20.6. The average molecular weight is 555 g/mol. The van der Waals surface area contributed by atoms with Crippen LogP contribution in [0.5, 0.6) is 5.75 Å². The first kappa shape index (κ1) is 26.0. The van der Waals surface area contributed by atoms with Crippen LogP contribution >= 0.6 is 0 Å². The number of nitrogens with zero attached hydrogens (tertiary/aromatic N) is 1. The highest BCUT2D eigenvalue weighted by molar-refractivity contribution is 6.16. The van der Waals surface area contributed by atoms with Crippen molar-refractivity contribution in [3.63, 3.8) is 0 Å². The van der Waals surface area contributed by atoms with Crippen LogP contribution in [0.25, 0.3) is 6.08 Å². The summed E-state index contributed by atoms with van der Waals surface area (Å²) in [7, 11) is 0. The Labute approximate surface area is 244 Å². The van der Waals surface area contributed by atoms with Crippen LogP contribution in [0.15, 0.2) is 109 Å². The molecule has 0 unspecified atom stereocenters. The molecule has 3 aliphatic rings. The van der Waals surface area contributed by atoms with Crippen molar-refractivity contribution in [1.29, 1.82) is 0 Å². The highest BCUT2D eigenvalue weighted by Gasteiger charge is 2.70. The molecule has 4 aromatic rings. The Morgan fingerprint density at radius 1 is 0.857 bits per heavy atom. The minimum atomic E-state index is -1.36. The number of ether oxygens (including phenoxy) is 1. The molecule has 1 fully saturated rings. The molecule has 42 heavy (non-hydrogen) atoms. The van der Waals surface area contributed by atoms with E-state index in [1.54, 1.807) is 30.3 Å². The van der Waals surface area contributed by atoms with Gasteiger partial charge in [0.2, 0.25) is 5.91 Å². The number of para-hydroxylation sites is 1. The lowest BCUT2D eigenvalue weighted by Crippen LogP contribution is -2.49. The minimum absolute atomic E-state index is 0.199. The predicted octanol–water partition coefficient (Wildman–Crippen LogP) is 6.46. The summed E-state index contributed by atoms with van der Waals surface area (Å²) in [6.07, 6.45) is 4.69. The summed E-state index contributed by atoms with van der Waals surface area (Å²) in [6, 6.07) is 30.1. The van der Waals surface area contributed by atoms with Gasteiger partial charge in [0.15, 0.2) is 11.6 Å². The molecule has 0 saturated carbocycles. The number of amides is 1. The van der Waals surface area contributed by atoms with Crippen molar-refractivity contribution in [2.75, 3.05) is 11.9 Å². The van der Waals surface area contributed by atoms with E-state index >= 15 is 0 Å². The number of fused-ring (bicyclic) bond motifs is 6. The summed E-state index contributed by atoms with van der Waals surface area (Å²) < 4.78 is 5.87. The number of nitrogens with one attached hydrogen (secondary N) is 1. The molecule has 208 valence electrons. The number of carbonyl (C=O) groups excluding carboxylic acids is 3. The van der Waals surface area contributed by atoms with Crippen LogP contribution in [0.3, 0.4) is 0 Å². The van der Waals surface area contributed by atoms with Gasteiger partial charge < -0.3 is 15.0 Å². The number of carbonyl (C=O) groups is 3. The van der Waals surface area contributed by atoms with Crippen LogP contribution in [-0.4, -0.2) is 35.0 Å². The molecule has 1 spiro atoms. The second-order valence-corrected chi connectivity index (χ2v) is 11.1. The molecule has 0 bridgehead atoms. The minimum Gasteiger partial charge on any atom is -0.494 e. The summed E-state index contributed by atoms with van der Waals surface area (Å²) in [5.74, 6) is -1.17. The van der Waals surface area contributed by atoms with Crippen LogP contribution in [-0.2, 0) is 10.2 Å². The van der Waals surface area contributed by atoms with Gasteiger partial charge in [0.05, 0.1) is 18.6 Å². The van der Waals surface area contributed by atoms with Gasteiger partial charge in [-0.15, -0.1) is 0 Å². The summed E-state index contributed by atoms with van der Waals surface area (Å²) in [5, 5.41) is 3.09. The van der Waals surface area contributed by atoms with Gasteiger partial charge in [-0.2, -0.15) is 0 Å². The third-order valence-electron chi connectivity index (χ3n) is 8.77. The maximum atomic E-state index is 15.0. The Morgan fingerprint density at radius 3 is 2.43 bits per heavy atom.